The van der Waals surface area contributed by atoms with Gasteiger partial charge in [-0.2, -0.15) is 0 Å². The van der Waals surface area contributed by atoms with E-state index in [4.69, 9.17) is 22.1 Å². The molecule has 2 amide bonds. The quantitative estimate of drug-likeness (QED) is 0.668. The van der Waals surface area contributed by atoms with Crippen molar-refractivity contribution in [1.82, 2.24) is 10.6 Å². The van der Waals surface area contributed by atoms with Gasteiger partial charge in [-0.05, 0) is 36.5 Å². The molecule has 1 aromatic rings. The zero-order valence-corrected chi connectivity index (χ0v) is 16.1. The van der Waals surface area contributed by atoms with Crippen molar-refractivity contribution in [2.75, 3.05) is 26.3 Å². The molecule has 144 valence electrons. The van der Waals surface area contributed by atoms with Gasteiger partial charge in [0.05, 0.1) is 12.6 Å². The first-order chi connectivity index (χ1) is 12.3. The van der Waals surface area contributed by atoms with Crippen LogP contribution < -0.4 is 16.4 Å². The Labute approximate surface area is 159 Å². The summed E-state index contributed by atoms with van der Waals surface area (Å²) < 4.78 is 5.49. The summed E-state index contributed by atoms with van der Waals surface area (Å²) in [5.74, 6) is -0.517. The van der Waals surface area contributed by atoms with Crippen LogP contribution in [0.5, 0.6) is 0 Å². The summed E-state index contributed by atoms with van der Waals surface area (Å²) in [5, 5.41) is 6.22. The molecule has 0 radical (unpaired) electrons. The van der Waals surface area contributed by atoms with Crippen LogP contribution >= 0.6 is 11.6 Å². The lowest BCUT2D eigenvalue weighted by Gasteiger charge is -2.38. The molecule has 0 saturated carbocycles. The SMILES string of the molecule is CC(C)[C@H](N)C(=O)NCC(=O)NCC1(c2ccc(Cl)cc2)CCOCC1. The van der Waals surface area contributed by atoms with Gasteiger partial charge in [0.1, 0.15) is 0 Å². The fraction of sp³-hybridized carbons (Fsp3) is 0.579. The van der Waals surface area contributed by atoms with E-state index in [0.29, 0.717) is 24.8 Å². The normalized spacial score (nSPS) is 17.6. The fourth-order valence-electron chi connectivity index (χ4n) is 3.05. The maximum atomic E-state index is 12.2. The van der Waals surface area contributed by atoms with Gasteiger partial charge in [-0.25, -0.2) is 0 Å². The van der Waals surface area contributed by atoms with Crippen molar-refractivity contribution in [2.45, 2.75) is 38.1 Å². The Kier molecular flexibility index (Phi) is 7.43. The molecular formula is C19H28ClN3O3. The predicted octanol–water partition coefficient (Wildman–Crippen LogP) is 1.60. The molecular weight excluding hydrogens is 354 g/mol. The average Bonchev–Trinajstić information content (AvgIpc) is 2.65. The van der Waals surface area contributed by atoms with Gasteiger partial charge in [-0.3, -0.25) is 9.59 Å². The van der Waals surface area contributed by atoms with Crippen molar-refractivity contribution >= 4 is 23.4 Å². The fourth-order valence-corrected chi connectivity index (χ4v) is 3.18. The highest BCUT2D eigenvalue weighted by Gasteiger charge is 2.34. The van der Waals surface area contributed by atoms with E-state index < -0.39 is 6.04 Å². The number of ether oxygens (including phenoxy) is 1. The lowest BCUT2D eigenvalue weighted by molar-refractivity contribution is -0.127. The number of hydrogen-bond donors (Lipinski definition) is 3. The summed E-state index contributed by atoms with van der Waals surface area (Å²) in [5.41, 5.74) is 6.73. The molecule has 26 heavy (non-hydrogen) atoms. The van der Waals surface area contributed by atoms with Crippen molar-refractivity contribution < 1.29 is 14.3 Å². The van der Waals surface area contributed by atoms with E-state index in [1.54, 1.807) is 0 Å². The zero-order valence-electron chi connectivity index (χ0n) is 15.4. The first kappa shape index (κ1) is 20.7. The molecule has 1 aliphatic rings. The molecule has 0 aromatic heterocycles. The molecule has 0 spiro atoms. The maximum Gasteiger partial charge on any atom is 0.239 e. The lowest BCUT2D eigenvalue weighted by atomic mass is 9.74. The van der Waals surface area contributed by atoms with Crippen LogP contribution in [0.3, 0.4) is 0 Å². The highest BCUT2D eigenvalue weighted by atomic mass is 35.5. The van der Waals surface area contributed by atoms with Crippen LogP contribution in [0.1, 0.15) is 32.3 Å². The second kappa shape index (κ2) is 9.35. The van der Waals surface area contributed by atoms with Crippen molar-refractivity contribution in [1.29, 1.82) is 0 Å². The molecule has 0 unspecified atom stereocenters. The first-order valence-corrected chi connectivity index (χ1v) is 9.36. The highest BCUT2D eigenvalue weighted by Crippen LogP contribution is 2.34. The third-order valence-electron chi connectivity index (χ3n) is 4.97. The van der Waals surface area contributed by atoms with Gasteiger partial charge in [0.25, 0.3) is 0 Å². The molecule has 1 saturated heterocycles. The topological polar surface area (TPSA) is 93.5 Å². The molecule has 1 aromatic carbocycles. The average molecular weight is 382 g/mol. The minimum absolute atomic E-state index is 0.0217. The standard InChI is InChI=1S/C19H28ClN3O3/c1-13(2)17(21)18(25)22-11-16(24)23-12-19(7-9-26-10-8-19)14-3-5-15(20)6-4-14/h3-6,13,17H,7-12,21H2,1-2H3,(H,22,25)(H,23,24)/t17-/m0/s1. The summed E-state index contributed by atoms with van der Waals surface area (Å²) in [6.07, 6.45) is 1.64. The van der Waals surface area contributed by atoms with E-state index in [1.165, 1.54) is 0 Å². The molecule has 4 N–H and O–H groups in total. The second-order valence-electron chi connectivity index (χ2n) is 7.16. The van der Waals surface area contributed by atoms with Crippen molar-refractivity contribution in [3.05, 3.63) is 34.9 Å². The van der Waals surface area contributed by atoms with Crippen LogP contribution in [0.2, 0.25) is 5.02 Å². The van der Waals surface area contributed by atoms with E-state index in [9.17, 15) is 9.59 Å². The molecule has 1 fully saturated rings. The van der Waals surface area contributed by atoms with E-state index in [2.05, 4.69) is 10.6 Å². The molecule has 2 rings (SSSR count). The Morgan fingerprint density at radius 1 is 1.19 bits per heavy atom. The molecule has 1 atom stereocenters. The van der Waals surface area contributed by atoms with Crippen LogP contribution in [0.4, 0.5) is 0 Å². The Balaban J connectivity index is 1.94. The van der Waals surface area contributed by atoms with Crippen molar-refractivity contribution in [3.8, 4) is 0 Å². The third kappa shape index (κ3) is 5.43. The Hall–Kier alpha value is -1.63. The Morgan fingerprint density at radius 3 is 2.38 bits per heavy atom. The minimum atomic E-state index is -0.612. The van der Waals surface area contributed by atoms with Gasteiger partial charge >= 0.3 is 0 Å². The van der Waals surface area contributed by atoms with Crippen LogP contribution in [-0.4, -0.2) is 44.2 Å². The van der Waals surface area contributed by atoms with Crippen LogP contribution in [0.25, 0.3) is 0 Å². The molecule has 0 bridgehead atoms. The zero-order chi connectivity index (χ0) is 19.2. The van der Waals surface area contributed by atoms with E-state index in [-0.39, 0.29) is 29.7 Å². The number of carbonyl (C=O) groups is 2. The number of benzene rings is 1. The van der Waals surface area contributed by atoms with Crippen LogP contribution in [0, 0.1) is 5.92 Å². The summed E-state index contributed by atoms with van der Waals surface area (Å²) in [7, 11) is 0. The molecule has 1 aliphatic heterocycles. The van der Waals surface area contributed by atoms with E-state index >= 15 is 0 Å². The van der Waals surface area contributed by atoms with Gasteiger partial charge in [0.2, 0.25) is 11.8 Å². The van der Waals surface area contributed by atoms with Crippen molar-refractivity contribution in [2.24, 2.45) is 11.7 Å². The van der Waals surface area contributed by atoms with Gasteiger partial charge < -0.3 is 21.1 Å². The summed E-state index contributed by atoms with van der Waals surface area (Å²) in [6, 6.07) is 7.12. The minimum Gasteiger partial charge on any atom is -0.381 e. The first-order valence-electron chi connectivity index (χ1n) is 8.98. The van der Waals surface area contributed by atoms with Gasteiger partial charge in [0, 0.05) is 30.2 Å². The van der Waals surface area contributed by atoms with Gasteiger partial charge in [0.15, 0.2) is 0 Å². The number of nitrogens with two attached hydrogens (primary N) is 1. The monoisotopic (exact) mass is 381 g/mol. The van der Waals surface area contributed by atoms with Crippen LogP contribution in [-0.2, 0) is 19.7 Å². The smallest absolute Gasteiger partial charge is 0.239 e. The Morgan fingerprint density at radius 2 is 1.81 bits per heavy atom. The third-order valence-corrected chi connectivity index (χ3v) is 5.23. The Bertz CT molecular complexity index is 613. The largest absolute Gasteiger partial charge is 0.381 e. The number of carbonyl (C=O) groups excluding carboxylic acids is 2. The van der Waals surface area contributed by atoms with Crippen LogP contribution in [0.15, 0.2) is 24.3 Å². The molecule has 6 nitrogen and oxygen atoms in total. The molecule has 7 heteroatoms. The molecule has 1 heterocycles. The van der Waals surface area contributed by atoms with E-state index in [0.717, 1.165) is 18.4 Å². The lowest BCUT2D eigenvalue weighted by Crippen LogP contribution is -2.49. The maximum absolute atomic E-state index is 12.2. The van der Waals surface area contributed by atoms with E-state index in [1.807, 2.05) is 38.1 Å². The van der Waals surface area contributed by atoms with Gasteiger partial charge in [-0.15, -0.1) is 0 Å². The highest BCUT2D eigenvalue weighted by molar-refractivity contribution is 6.30. The summed E-state index contributed by atoms with van der Waals surface area (Å²) in [6.45, 7) is 5.45. The summed E-state index contributed by atoms with van der Waals surface area (Å²) >= 11 is 6.00. The number of amides is 2. The predicted molar refractivity (Wildman–Crippen MR) is 102 cm³/mol. The number of halogens is 1. The molecule has 0 aliphatic carbocycles. The second-order valence-corrected chi connectivity index (χ2v) is 7.60. The number of hydrogen-bond acceptors (Lipinski definition) is 4. The number of nitrogens with one attached hydrogen (secondary N) is 2. The van der Waals surface area contributed by atoms with Gasteiger partial charge in [-0.1, -0.05) is 37.6 Å². The summed E-state index contributed by atoms with van der Waals surface area (Å²) in [4.78, 5) is 24.1. The van der Waals surface area contributed by atoms with Crippen molar-refractivity contribution in [3.63, 3.8) is 0 Å². The number of rotatable bonds is 7.